The molecule has 0 atom stereocenters. The molecule has 3 aromatic carbocycles. The molecule has 0 unspecified atom stereocenters. The minimum absolute atomic E-state index is 0.0268. The molecule has 0 saturated carbocycles. The van der Waals surface area contributed by atoms with Crippen molar-refractivity contribution in [3.8, 4) is 5.75 Å². The minimum atomic E-state index is -0.993. The molecule has 0 aromatic heterocycles. The van der Waals surface area contributed by atoms with Crippen LogP contribution in [-0.4, -0.2) is 28.0 Å². The highest BCUT2D eigenvalue weighted by Crippen LogP contribution is 2.36. The predicted molar refractivity (Wildman–Crippen MR) is 152 cm³/mol. The molecular weight excluding hydrogens is 624 g/mol. The highest BCUT2D eigenvalue weighted by Gasteiger charge is 2.34. The minimum Gasteiger partial charge on any atom is -0.487 e. The zero-order chi connectivity index (χ0) is 26.7. The first kappa shape index (κ1) is 26.7. The third kappa shape index (κ3) is 5.98. The van der Waals surface area contributed by atoms with Crippen LogP contribution >= 0.6 is 44.1 Å². The summed E-state index contributed by atoms with van der Waals surface area (Å²) in [6, 6.07) is 17.3. The van der Waals surface area contributed by atoms with Crippen molar-refractivity contribution in [3.05, 3.63) is 97.4 Å². The van der Waals surface area contributed by atoms with Crippen LogP contribution < -0.4 is 15.0 Å². The van der Waals surface area contributed by atoms with Crippen molar-refractivity contribution in [1.82, 2.24) is 5.32 Å². The Bertz CT molecular complexity index is 1410. The molecule has 1 aliphatic rings. The lowest BCUT2D eigenvalue weighted by Crippen LogP contribution is -2.54. The second-order valence-electron chi connectivity index (χ2n) is 8.08. The number of carbonyl (C=O) groups is 3. The van der Waals surface area contributed by atoms with E-state index in [1.54, 1.807) is 36.4 Å². The quantitative estimate of drug-likeness (QED) is 0.190. The number of rotatable bonds is 7. The summed E-state index contributed by atoms with van der Waals surface area (Å²) >= 11 is 12.3. The average Bonchev–Trinajstić information content (AvgIpc) is 2.86. The first-order valence-corrected chi connectivity index (χ1v) is 13.1. The molecule has 0 radical (unpaired) electrons. The number of ether oxygens (including phenoxy) is 1. The number of aryl methyl sites for hydroxylation is 1. The number of nitrogens with zero attached hydrogens (tertiary/aromatic N) is 1. The molecular formula is C27H20Br2N2O5S. The van der Waals surface area contributed by atoms with Crippen molar-refractivity contribution in [1.29, 1.82) is 0 Å². The molecule has 0 bridgehead atoms. The van der Waals surface area contributed by atoms with Crippen molar-refractivity contribution in [2.75, 3.05) is 4.90 Å². The molecule has 2 N–H and O–H groups in total. The predicted octanol–water partition coefficient (Wildman–Crippen LogP) is 5.88. The van der Waals surface area contributed by atoms with Gasteiger partial charge in [-0.1, -0.05) is 31.2 Å². The maximum atomic E-state index is 13.3. The van der Waals surface area contributed by atoms with Crippen LogP contribution in [0.5, 0.6) is 5.75 Å². The molecule has 7 nitrogen and oxygen atoms in total. The maximum Gasteiger partial charge on any atom is 0.335 e. The lowest BCUT2D eigenvalue weighted by atomic mass is 10.1. The van der Waals surface area contributed by atoms with Crippen LogP contribution in [0.25, 0.3) is 6.08 Å². The fourth-order valence-electron chi connectivity index (χ4n) is 3.64. The number of aromatic carboxylic acids is 1. The number of halogens is 2. The van der Waals surface area contributed by atoms with Gasteiger partial charge in [-0.25, -0.2) is 4.79 Å². The van der Waals surface area contributed by atoms with E-state index in [-0.39, 0.29) is 22.9 Å². The Kier molecular flexibility index (Phi) is 8.21. The fraction of sp³-hybridized carbons (Fsp3) is 0.111. The first-order valence-electron chi connectivity index (χ1n) is 11.1. The van der Waals surface area contributed by atoms with Gasteiger partial charge in [0.25, 0.3) is 11.8 Å². The van der Waals surface area contributed by atoms with Crippen molar-refractivity contribution in [3.63, 3.8) is 0 Å². The second kappa shape index (κ2) is 11.4. The van der Waals surface area contributed by atoms with Gasteiger partial charge in [-0.2, -0.15) is 0 Å². The van der Waals surface area contributed by atoms with E-state index in [2.05, 4.69) is 37.2 Å². The normalized spacial score (nSPS) is 14.6. The van der Waals surface area contributed by atoms with Crippen LogP contribution in [0, 0.1) is 0 Å². The highest BCUT2D eigenvalue weighted by molar-refractivity contribution is 9.11. The number of nitrogens with one attached hydrogen (secondary N) is 1. The number of hydrogen-bond donors (Lipinski definition) is 2. The Morgan fingerprint density at radius 1 is 1.03 bits per heavy atom. The van der Waals surface area contributed by atoms with Gasteiger partial charge in [-0.3, -0.25) is 19.8 Å². The van der Waals surface area contributed by atoms with Crippen LogP contribution in [0.2, 0.25) is 0 Å². The van der Waals surface area contributed by atoms with Gasteiger partial charge in [0.2, 0.25) is 0 Å². The average molecular weight is 644 g/mol. The van der Waals surface area contributed by atoms with E-state index in [0.29, 0.717) is 25.9 Å². The lowest BCUT2D eigenvalue weighted by Gasteiger charge is -2.29. The topological polar surface area (TPSA) is 95.9 Å². The summed E-state index contributed by atoms with van der Waals surface area (Å²) in [6.45, 7) is 2.25. The number of hydrogen-bond acceptors (Lipinski definition) is 5. The van der Waals surface area contributed by atoms with E-state index in [1.165, 1.54) is 23.1 Å². The van der Waals surface area contributed by atoms with Crippen molar-refractivity contribution in [2.24, 2.45) is 0 Å². The molecule has 37 heavy (non-hydrogen) atoms. The van der Waals surface area contributed by atoms with Gasteiger partial charge < -0.3 is 9.84 Å². The number of benzene rings is 3. The Hall–Kier alpha value is -3.34. The summed E-state index contributed by atoms with van der Waals surface area (Å²) in [5.74, 6) is -1.57. The number of amides is 2. The Morgan fingerprint density at radius 2 is 1.62 bits per heavy atom. The summed E-state index contributed by atoms with van der Waals surface area (Å²) in [5.41, 5.74) is 3.21. The Balaban J connectivity index is 1.56. The zero-order valence-corrected chi connectivity index (χ0v) is 23.4. The van der Waals surface area contributed by atoms with Crippen LogP contribution in [-0.2, 0) is 22.6 Å². The summed E-state index contributed by atoms with van der Waals surface area (Å²) in [5, 5.41) is 11.7. The van der Waals surface area contributed by atoms with Gasteiger partial charge >= 0.3 is 5.97 Å². The third-order valence-corrected chi connectivity index (χ3v) is 7.08. The van der Waals surface area contributed by atoms with Gasteiger partial charge in [0.1, 0.15) is 17.9 Å². The molecule has 2 amide bonds. The third-order valence-electron chi connectivity index (χ3n) is 5.62. The standard InChI is InChI=1S/C27H20Br2N2O5S/c1-2-15-5-9-19(10-6-15)31-25(33)20(24(32)30-27(31)37)11-17-12-21(28)23(22(29)13-17)36-14-16-3-7-18(8-4-16)26(34)35/h3-13H,2,14H2,1H3,(H,34,35)(H,30,32,37)/b20-11+. The summed E-state index contributed by atoms with van der Waals surface area (Å²) < 4.78 is 7.11. The Morgan fingerprint density at radius 3 is 2.19 bits per heavy atom. The molecule has 0 aliphatic carbocycles. The number of thiocarbonyl (C=S) groups is 1. The number of carbonyl (C=O) groups excluding carboxylic acids is 2. The van der Waals surface area contributed by atoms with E-state index >= 15 is 0 Å². The lowest BCUT2D eigenvalue weighted by molar-refractivity contribution is -0.122. The molecule has 1 fully saturated rings. The van der Waals surface area contributed by atoms with Crippen molar-refractivity contribution < 1.29 is 24.2 Å². The number of carboxylic acids is 1. The molecule has 1 saturated heterocycles. The summed E-state index contributed by atoms with van der Waals surface area (Å²) in [7, 11) is 0. The second-order valence-corrected chi connectivity index (χ2v) is 10.2. The fourth-order valence-corrected chi connectivity index (χ4v) is 5.37. The van der Waals surface area contributed by atoms with E-state index in [9.17, 15) is 14.4 Å². The maximum absolute atomic E-state index is 13.3. The van der Waals surface area contributed by atoms with Gasteiger partial charge in [0.15, 0.2) is 5.11 Å². The van der Waals surface area contributed by atoms with Gasteiger partial charge in [0.05, 0.1) is 20.2 Å². The molecule has 1 heterocycles. The molecule has 3 aromatic rings. The van der Waals surface area contributed by atoms with Crippen molar-refractivity contribution in [2.45, 2.75) is 20.0 Å². The molecule has 188 valence electrons. The summed E-state index contributed by atoms with van der Waals surface area (Å²) in [4.78, 5) is 38.3. The summed E-state index contributed by atoms with van der Waals surface area (Å²) in [6.07, 6.45) is 2.36. The van der Waals surface area contributed by atoms with E-state index in [0.717, 1.165) is 17.5 Å². The Labute approximate surface area is 235 Å². The SMILES string of the molecule is CCc1ccc(N2C(=O)/C(=C/c3cc(Br)c(OCc4ccc(C(=O)O)cc4)c(Br)c3)C(=O)NC2=S)cc1. The number of anilines is 1. The van der Waals surface area contributed by atoms with Crippen LogP contribution in [0.4, 0.5) is 5.69 Å². The zero-order valence-electron chi connectivity index (χ0n) is 19.5. The molecule has 10 heteroatoms. The molecule has 0 spiro atoms. The van der Waals surface area contributed by atoms with Crippen molar-refractivity contribution >= 4 is 78.7 Å². The van der Waals surface area contributed by atoms with E-state index in [1.807, 2.05) is 19.1 Å². The van der Waals surface area contributed by atoms with Gasteiger partial charge in [-0.15, -0.1) is 0 Å². The molecule has 4 rings (SSSR count). The van der Waals surface area contributed by atoms with Crippen LogP contribution in [0.15, 0.2) is 75.2 Å². The smallest absolute Gasteiger partial charge is 0.335 e. The van der Waals surface area contributed by atoms with E-state index < -0.39 is 17.8 Å². The first-order chi connectivity index (χ1) is 17.7. The van der Waals surface area contributed by atoms with Crippen LogP contribution in [0.3, 0.4) is 0 Å². The number of carboxylic acid groups (broad SMARTS) is 1. The highest BCUT2D eigenvalue weighted by atomic mass is 79.9. The molecule has 1 aliphatic heterocycles. The van der Waals surface area contributed by atoms with Crippen LogP contribution in [0.1, 0.15) is 34.0 Å². The monoisotopic (exact) mass is 642 g/mol. The van der Waals surface area contributed by atoms with E-state index in [4.69, 9.17) is 22.1 Å². The largest absolute Gasteiger partial charge is 0.487 e. The van der Waals surface area contributed by atoms with Gasteiger partial charge in [0, 0.05) is 0 Å². The van der Waals surface area contributed by atoms with Gasteiger partial charge in [-0.05, 0) is 110 Å².